The highest BCUT2D eigenvalue weighted by Crippen LogP contribution is 2.32. The van der Waals surface area contributed by atoms with Crippen molar-refractivity contribution < 1.29 is 4.79 Å². The summed E-state index contributed by atoms with van der Waals surface area (Å²) in [6.07, 6.45) is 2.54. The summed E-state index contributed by atoms with van der Waals surface area (Å²) in [4.78, 5) is 11.7. The lowest BCUT2D eigenvalue weighted by Gasteiger charge is -2.23. The lowest BCUT2D eigenvalue weighted by molar-refractivity contribution is -0.121. The van der Waals surface area contributed by atoms with Crippen molar-refractivity contribution in [2.45, 2.75) is 32.1 Å². The predicted molar refractivity (Wildman–Crippen MR) is 60.5 cm³/mol. The topological polar surface area (TPSA) is 17.1 Å². The summed E-state index contributed by atoms with van der Waals surface area (Å²) in [6.45, 7) is 2.08. The van der Waals surface area contributed by atoms with Gasteiger partial charge >= 0.3 is 0 Å². The van der Waals surface area contributed by atoms with E-state index in [0.717, 1.165) is 17.3 Å². The number of hydrogen-bond donors (Lipinski definition) is 0. The van der Waals surface area contributed by atoms with Crippen LogP contribution in [0.2, 0.25) is 0 Å². The number of fused-ring (bicyclic) bond motifs is 1. The molecule has 0 amide bonds. The highest BCUT2D eigenvalue weighted by atomic mass is 79.9. The number of hydrogen-bond acceptors (Lipinski definition) is 1. The number of aryl methyl sites for hydroxylation is 1. The average Bonchev–Trinajstić information content (AvgIpc) is 2.18. The molecule has 0 spiro atoms. The van der Waals surface area contributed by atoms with Crippen molar-refractivity contribution in [3.05, 3.63) is 33.8 Å². The zero-order chi connectivity index (χ0) is 10.1. The summed E-state index contributed by atoms with van der Waals surface area (Å²) in [6, 6.07) is 6.26. The number of carbonyl (C=O) groups is 1. The Bertz CT molecular complexity index is 371. The Labute approximate surface area is 92.6 Å². The van der Waals surface area contributed by atoms with E-state index in [1.54, 1.807) is 0 Å². The second kappa shape index (κ2) is 3.85. The molecule has 0 aromatic heterocycles. The second-order valence-electron chi connectivity index (χ2n) is 3.77. The van der Waals surface area contributed by atoms with Crippen LogP contribution >= 0.6 is 15.9 Å². The van der Waals surface area contributed by atoms with Crippen LogP contribution in [0.15, 0.2) is 22.7 Å². The normalized spacial score (nSPS) is 20.7. The van der Waals surface area contributed by atoms with Gasteiger partial charge in [0.1, 0.15) is 5.78 Å². The molecule has 0 saturated carbocycles. The van der Waals surface area contributed by atoms with Gasteiger partial charge in [-0.25, -0.2) is 0 Å². The molecule has 0 aliphatic heterocycles. The monoisotopic (exact) mass is 252 g/mol. The highest BCUT2D eigenvalue weighted by Gasteiger charge is 2.25. The lowest BCUT2D eigenvalue weighted by atomic mass is 9.80. The van der Waals surface area contributed by atoms with Crippen LogP contribution in [0.1, 0.15) is 36.8 Å². The fraction of sp³-hybridized carbons (Fsp3) is 0.417. The van der Waals surface area contributed by atoms with Crippen LogP contribution in [0.5, 0.6) is 0 Å². The molecule has 0 fully saturated rings. The summed E-state index contributed by atoms with van der Waals surface area (Å²) >= 11 is 3.46. The number of Topliss-reactive ketones (excluding diaryl/α,β-unsaturated/α-hetero) is 1. The molecule has 1 aromatic rings. The molecule has 0 heterocycles. The minimum Gasteiger partial charge on any atom is -0.299 e. The first-order valence-electron chi connectivity index (χ1n) is 5.03. The summed E-state index contributed by atoms with van der Waals surface area (Å²) < 4.78 is 1.11. The quantitative estimate of drug-likeness (QED) is 0.749. The van der Waals surface area contributed by atoms with Gasteiger partial charge in [0, 0.05) is 16.8 Å². The van der Waals surface area contributed by atoms with Gasteiger partial charge in [-0.05, 0) is 36.1 Å². The van der Waals surface area contributed by atoms with E-state index in [2.05, 4.69) is 35.0 Å². The highest BCUT2D eigenvalue weighted by molar-refractivity contribution is 9.10. The van der Waals surface area contributed by atoms with Crippen LogP contribution in [0.3, 0.4) is 0 Å². The van der Waals surface area contributed by atoms with Crippen molar-refractivity contribution in [1.82, 2.24) is 0 Å². The molecule has 1 atom stereocenters. The van der Waals surface area contributed by atoms with E-state index in [1.807, 2.05) is 6.07 Å². The fourth-order valence-electron chi connectivity index (χ4n) is 2.18. The maximum atomic E-state index is 11.7. The number of ketones is 1. The van der Waals surface area contributed by atoms with Gasteiger partial charge in [-0.3, -0.25) is 4.79 Å². The van der Waals surface area contributed by atoms with Gasteiger partial charge in [0.05, 0.1) is 0 Å². The maximum Gasteiger partial charge on any atom is 0.140 e. The van der Waals surface area contributed by atoms with Gasteiger partial charge in [0.25, 0.3) is 0 Å². The molecule has 74 valence electrons. The van der Waals surface area contributed by atoms with Gasteiger partial charge in [0.2, 0.25) is 0 Å². The molecule has 0 N–H and O–H groups in total. The molecule has 2 rings (SSSR count). The van der Waals surface area contributed by atoms with E-state index in [9.17, 15) is 4.79 Å². The van der Waals surface area contributed by atoms with E-state index in [-0.39, 0.29) is 5.92 Å². The largest absolute Gasteiger partial charge is 0.299 e. The molecule has 1 aliphatic rings. The fourth-order valence-corrected chi connectivity index (χ4v) is 2.59. The Morgan fingerprint density at radius 2 is 2.21 bits per heavy atom. The van der Waals surface area contributed by atoms with E-state index in [0.29, 0.717) is 12.2 Å². The SMILES string of the molecule is CCC1C(=O)CCc2cc(Br)ccc21. The molecule has 1 aromatic carbocycles. The molecule has 1 unspecified atom stereocenters. The number of rotatable bonds is 1. The van der Waals surface area contributed by atoms with Gasteiger partial charge in [-0.15, -0.1) is 0 Å². The third-order valence-electron chi connectivity index (χ3n) is 2.92. The molecule has 0 saturated heterocycles. The van der Waals surface area contributed by atoms with Gasteiger partial charge in [-0.1, -0.05) is 28.9 Å². The molecule has 0 radical (unpaired) electrons. The molecular formula is C12H13BrO. The predicted octanol–water partition coefficient (Wildman–Crippen LogP) is 3.46. The third kappa shape index (κ3) is 1.63. The second-order valence-corrected chi connectivity index (χ2v) is 4.69. The Balaban J connectivity index is 2.47. The van der Waals surface area contributed by atoms with Gasteiger partial charge in [0.15, 0.2) is 0 Å². The van der Waals surface area contributed by atoms with Crippen LogP contribution in [0.4, 0.5) is 0 Å². The third-order valence-corrected chi connectivity index (χ3v) is 3.41. The van der Waals surface area contributed by atoms with Gasteiger partial charge in [-0.2, -0.15) is 0 Å². The number of carbonyl (C=O) groups excluding carboxylic acids is 1. The maximum absolute atomic E-state index is 11.7. The van der Waals surface area contributed by atoms with E-state index in [4.69, 9.17) is 0 Å². The summed E-state index contributed by atoms with van der Waals surface area (Å²) in [5.74, 6) is 0.550. The molecule has 14 heavy (non-hydrogen) atoms. The van der Waals surface area contributed by atoms with Crippen LogP contribution < -0.4 is 0 Å². The van der Waals surface area contributed by atoms with E-state index < -0.39 is 0 Å². The summed E-state index contributed by atoms with van der Waals surface area (Å²) in [5, 5.41) is 0. The standard InChI is InChI=1S/C12H13BrO/c1-2-10-11-5-4-9(13)7-8(11)3-6-12(10)14/h4-5,7,10H,2-3,6H2,1H3. The summed E-state index contributed by atoms with van der Waals surface area (Å²) in [7, 11) is 0. The Kier molecular flexibility index (Phi) is 2.73. The Morgan fingerprint density at radius 1 is 1.43 bits per heavy atom. The molecule has 1 nitrogen and oxygen atoms in total. The minimum absolute atomic E-state index is 0.145. The first kappa shape index (κ1) is 9.91. The molecular weight excluding hydrogens is 240 g/mol. The number of benzene rings is 1. The van der Waals surface area contributed by atoms with E-state index in [1.165, 1.54) is 11.1 Å². The zero-order valence-corrected chi connectivity index (χ0v) is 9.80. The first-order chi connectivity index (χ1) is 6.72. The van der Waals surface area contributed by atoms with Crippen molar-refractivity contribution in [1.29, 1.82) is 0 Å². The zero-order valence-electron chi connectivity index (χ0n) is 8.22. The Morgan fingerprint density at radius 3 is 2.93 bits per heavy atom. The lowest BCUT2D eigenvalue weighted by Crippen LogP contribution is -2.19. The Hall–Kier alpha value is -0.630. The molecule has 0 bridgehead atoms. The summed E-state index contributed by atoms with van der Waals surface area (Å²) in [5.41, 5.74) is 2.58. The van der Waals surface area contributed by atoms with E-state index >= 15 is 0 Å². The van der Waals surface area contributed by atoms with Crippen molar-refractivity contribution in [2.75, 3.05) is 0 Å². The van der Waals surface area contributed by atoms with Crippen molar-refractivity contribution >= 4 is 21.7 Å². The van der Waals surface area contributed by atoms with Gasteiger partial charge < -0.3 is 0 Å². The van der Waals surface area contributed by atoms with Crippen molar-refractivity contribution in [2.24, 2.45) is 0 Å². The molecule has 2 heteroatoms. The molecule has 1 aliphatic carbocycles. The van der Waals surface area contributed by atoms with Crippen LogP contribution in [0, 0.1) is 0 Å². The first-order valence-corrected chi connectivity index (χ1v) is 5.82. The minimum atomic E-state index is 0.145. The van der Waals surface area contributed by atoms with Crippen LogP contribution in [-0.4, -0.2) is 5.78 Å². The smallest absolute Gasteiger partial charge is 0.140 e. The van der Waals surface area contributed by atoms with Crippen molar-refractivity contribution in [3.8, 4) is 0 Å². The number of halogens is 1. The van der Waals surface area contributed by atoms with Crippen LogP contribution in [0.25, 0.3) is 0 Å². The van der Waals surface area contributed by atoms with Crippen LogP contribution in [-0.2, 0) is 11.2 Å². The average molecular weight is 253 g/mol. The van der Waals surface area contributed by atoms with Crippen molar-refractivity contribution in [3.63, 3.8) is 0 Å².